The van der Waals surface area contributed by atoms with E-state index in [0.717, 1.165) is 16.7 Å². The molecular formula is C16H15N3O2S. The molecule has 1 heterocycles. The molecule has 0 bridgehead atoms. The van der Waals surface area contributed by atoms with E-state index in [1.165, 1.54) is 24.6 Å². The van der Waals surface area contributed by atoms with E-state index in [4.69, 9.17) is 5.26 Å². The van der Waals surface area contributed by atoms with Crippen molar-refractivity contribution in [2.24, 2.45) is 5.92 Å². The lowest BCUT2D eigenvalue weighted by Gasteiger charge is -2.04. The maximum absolute atomic E-state index is 12.2. The number of carbonyl (C=O) groups excluding carboxylic acids is 2. The minimum absolute atomic E-state index is 0.310. The number of rotatable bonds is 4. The Morgan fingerprint density at radius 1 is 1.36 bits per heavy atom. The normalized spacial score (nSPS) is 11.5. The number of aryl methyl sites for hydroxylation is 2. The summed E-state index contributed by atoms with van der Waals surface area (Å²) in [7, 11) is 1.40. The molecule has 1 aromatic carbocycles. The fraction of sp³-hybridized carbons (Fsp3) is 0.250. The fourth-order valence-corrected chi connectivity index (χ4v) is 3.07. The number of nitrogens with zero attached hydrogens (tertiary/aromatic N) is 2. The lowest BCUT2D eigenvalue weighted by Crippen LogP contribution is -2.31. The van der Waals surface area contributed by atoms with Gasteiger partial charge in [0.05, 0.1) is 10.9 Å². The molecule has 112 valence electrons. The topological polar surface area (TPSA) is 82.9 Å². The van der Waals surface area contributed by atoms with E-state index in [1.54, 1.807) is 6.07 Å². The van der Waals surface area contributed by atoms with Crippen molar-refractivity contribution in [1.29, 1.82) is 5.26 Å². The summed E-state index contributed by atoms with van der Waals surface area (Å²) in [5.41, 5.74) is 3.16. The number of nitrogens with one attached hydrogen (secondary N) is 1. The number of benzene rings is 1. The van der Waals surface area contributed by atoms with Crippen LogP contribution in [0.15, 0.2) is 24.4 Å². The van der Waals surface area contributed by atoms with Gasteiger partial charge < -0.3 is 5.32 Å². The average molecular weight is 313 g/mol. The van der Waals surface area contributed by atoms with Gasteiger partial charge in [-0.25, -0.2) is 4.98 Å². The second-order valence-electron chi connectivity index (χ2n) is 4.89. The Bertz CT molecular complexity index is 774. The molecule has 0 fully saturated rings. The molecule has 1 aromatic heterocycles. The van der Waals surface area contributed by atoms with E-state index < -0.39 is 17.6 Å². The summed E-state index contributed by atoms with van der Waals surface area (Å²) < 4.78 is 0. The number of ketones is 1. The number of nitriles is 1. The third-order valence-corrected chi connectivity index (χ3v) is 4.31. The summed E-state index contributed by atoms with van der Waals surface area (Å²) in [6, 6.07) is 7.72. The summed E-state index contributed by atoms with van der Waals surface area (Å²) >= 11 is 1.19. The van der Waals surface area contributed by atoms with Gasteiger partial charge in [0.15, 0.2) is 5.92 Å². The van der Waals surface area contributed by atoms with Gasteiger partial charge in [-0.05, 0) is 19.4 Å². The van der Waals surface area contributed by atoms with E-state index in [-0.39, 0.29) is 0 Å². The Morgan fingerprint density at radius 2 is 2.09 bits per heavy atom. The van der Waals surface area contributed by atoms with Crippen LogP contribution in [0.3, 0.4) is 0 Å². The van der Waals surface area contributed by atoms with Gasteiger partial charge in [0.25, 0.3) is 0 Å². The molecule has 0 saturated heterocycles. The number of hydrogen-bond donors (Lipinski definition) is 1. The van der Waals surface area contributed by atoms with Crippen LogP contribution in [0.1, 0.15) is 20.8 Å². The molecular weight excluding hydrogens is 298 g/mol. The Labute approximate surface area is 132 Å². The van der Waals surface area contributed by atoms with Gasteiger partial charge in [-0.15, -0.1) is 11.3 Å². The summed E-state index contributed by atoms with van der Waals surface area (Å²) in [6.07, 6.45) is 1.43. The maximum Gasteiger partial charge on any atom is 0.245 e. The highest BCUT2D eigenvalue weighted by Gasteiger charge is 2.28. The molecule has 22 heavy (non-hydrogen) atoms. The first kappa shape index (κ1) is 15.9. The molecule has 0 saturated carbocycles. The van der Waals surface area contributed by atoms with E-state index in [9.17, 15) is 9.59 Å². The molecule has 0 spiro atoms. The van der Waals surface area contributed by atoms with Crippen molar-refractivity contribution in [3.63, 3.8) is 0 Å². The number of thiazole rings is 1. The number of Topliss-reactive ketones (excluding diaryl/α,β-unsaturated/α-hetero) is 1. The SMILES string of the molecule is CNC(=O)[C@@H](C#N)C(=O)c1cnc(-c2ccc(C)cc2C)s1. The van der Waals surface area contributed by atoms with Crippen molar-refractivity contribution in [3.05, 3.63) is 40.4 Å². The van der Waals surface area contributed by atoms with Crippen molar-refractivity contribution < 1.29 is 9.59 Å². The molecule has 1 atom stereocenters. The van der Waals surface area contributed by atoms with E-state index in [0.29, 0.717) is 9.88 Å². The maximum atomic E-state index is 12.2. The van der Waals surface area contributed by atoms with Crippen LogP contribution in [0, 0.1) is 31.1 Å². The first-order chi connectivity index (χ1) is 10.5. The van der Waals surface area contributed by atoms with Crippen molar-refractivity contribution >= 4 is 23.0 Å². The molecule has 0 aliphatic heterocycles. The highest BCUT2D eigenvalue weighted by atomic mass is 32.1. The summed E-state index contributed by atoms with van der Waals surface area (Å²) in [4.78, 5) is 28.4. The van der Waals surface area contributed by atoms with Crippen molar-refractivity contribution in [2.45, 2.75) is 13.8 Å². The quantitative estimate of drug-likeness (QED) is 0.694. The van der Waals surface area contributed by atoms with Crippen LogP contribution in [0.5, 0.6) is 0 Å². The Morgan fingerprint density at radius 3 is 2.68 bits per heavy atom. The smallest absolute Gasteiger partial charge is 0.245 e. The van der Waals surface area contributed by atoms with Gasteiger partial charge in [0, 0.05) is 18.8 Å². The lowest BCUT2D eigenvalue weighted by atomic mass is 10.0. The van der Waals surface area contributed by atoms with Crippen LogP contribution in [0.4, 0.5) is 0 Å². The second-order valence-corrected chi connectivity index (χ2v) is 5.92. The average Bonchev–Trinajstić information content (AvgIpc) is 2.97. The third-order valence-electron chi connectivity index (χ3n) is 3.26. The summed E-state index contributed by atoms with van der Waals surface area (Å²) in [5, 5.41) is 12.0. The van der Waals surface area contributed by atoms with Gasteiger partial charge in [-0.1, -0.05) is 23.8 Å². The molecule has 5 nitrogen and oxygen atoms in total. The minimum atomic E-state index is -1.34. The zero-order valence-corrected chi connectivity index (χ0v) is 13.3. The number of amides is 1. The van der Waals surface area contributed by atoms with E-state index >= 15 is 0 Å². The molecule has 0 radical (unpaired) electrons. The molecule has 2 rings (SSSR count). The Balaban J connectivity index is 2.34. The van der Waals surface area contributed by atoms with Crippen LogP contribution in [0.2, 0.25) is 0 Å². The molecule has 0 unspecified atom stereocenters. The highest BCUT2D eigenvalue weighted by molar-refractivity contribution is 7.17. The van der Waals surface area contributed by atoms with Crippen LogP contribution < -0.4 is 5.32 Å². The monoisotopic (exact) mass is 313 g/mol. The molecule has 1 amide bonds. The standard InChI is InChI=1S/C16H15N3O2S/c1-9-4-5-11(10(2)6-9)16-19-8-13(22-16)14(20)12(7-17)15(21)18-3/h4-6,8,12H,1-3H3,(H,18,21)/t12-/m0/s1. The highest BCUT2D eigenvalue weighted by Crippen LogP contribution is 2.29. The van der Waals surface area contributed by atoms with Crippen LogP contribution in [-0.4, -0.2) is 23.7 Å². The first-order valence-electron chi connectivity index (χ1n) is 6.66. The number of hydrogen-bond acceptors (Lipinski definition) is 5. The van der Waals surface area contributed by atoms with Gasteiger partial charge in [-0.3, -0.25) is 9.59 Å². The van der Waals surface area contributed by atoms with Crippen molar-refractivity contribution in [3.8, 4) is 16.6 Å². The lowest BCUT2D eigenvalue weighted by molar-refractivity contribution is -0.121. The van der Waals surface area contributed by atoms with Gasteiger partial charge in [0.2, 0.25) is 11.7 Å². The first-order valence-corrected chi connectivity index (χ1v) is 7.48. The van der Waals surface area contributed by atoms with E-state index in [1.807, 2.05) is 32.0 Å². The van der Waals surface area contributed by atoms with Crippen LogP contribution in [-0.2, 0) is 4.79 Å². The summed E-state index contributed by atoms with van der Waals surface area (Å²) in [5.74, 6) is -2.46. The van der Waals surface area contributed by atoms with Gasteiger partial charge >= 0.3 is 0 Å². The second kappa shape index (κ2) is 6.50. The van der Waals surface area contributed by atoms with Crippen molar-refractivity contribution in [1.82, 2.24) is 10.3 Å². The molecule has 0 aliphatic rings. The number of carbonyl (C=O) groups is 2. The van der Waals surface area contributed by atoms with Crippen molar-refractivity contribution in [2.75, 3.05) is 7.05 Å². The van der Waals surface area contributed by atoms with Crippen LogP contribution >= 0.6 is 11.3 Å². The Kier molecular flexibility index (Phi) is 4.68. The largest absolute Gasteiger partial charge is 0.358 e. The molecule has 1 N–H and O–H groups in total. The number of aromatic nitrogens is 1. The predicted octanol–water partition coefficient (Wildman–Crippen LogP) is 2.50. The van der Waals surface area contributed by atoms with Crippen LogP contribution in [0.25, 0.3) is 10.6 Å². The van der Waals surface area contributed by atoms with Gasteiger partial charge in [0.1, 0.15) is 5.01 Å². The Hall–Kier alpha value is -2.52. The zero-order valence-electron chi connectivity index (χ0n) is 12.5. The summed E-state index contributed by atoms with van der Waals surface area (Å²) in [6.45, 7) is 3.99. The predicted molar refractivity (Wildman–Crippen MR) is 84.5 cm³/mol. The minimum Gasteiger partial charge on any atom is -0.358 e. The van der Waals surface area contributed by atoms with Gasteiger partial charge in [-0.2, -0.15) is 5.26 Å². The zero-order chi connectivity index (χ0) is 16.3. The molecule has 6 heteroatoms. The third kappa shape index (κ3) is 3.05. The van der Waals surface area contributed by atoms with E-state index in [2.05, 4.69) is 10.3 Å². The fourth-order valence-electron chi connectivity index (χ4n) is 2.09. The molecule has 2 aromatic rings. The molecule has 0 aliphatic carbocycles.